The summed E-state index contributed by atoms with van der Waals surface area (Å²) in [5.74, 6) is -1.78. The van der Waals surface area contributed by atoms with Crippen LogP contribution >= 0.6 is 0 Å². The minimum absolute atomic E-state index is 0.0622. The van der Waals surface area contributed by atoms with Gasteiger partial charge in [0.2, 0.25) is 11.8 Å². The van der Waals surface area contributed by atoms with Crippen LogP contribution in [0.25, 0.3) is 0 Å². The smallest absolute Gasteiger partial charge is 0.410 e. The molecule has 0 saturated carbocycles. The number of carbonyl (C=O) groups is 3. The molecular weight excluding hydrogens is 508 g/mol. The Morgan fingerprint density at radius 2 is 1.64 bits per heavy atom. The van der Waals surface area contributed by atoms with Gasteiger partial charge in [-0.3, -0.25) is 19.8 Å². The van der Waals surface area contributed by atoms with Crippen LogP contribution in [0.15, 0.2) is 12.1 Å². The summed E-state index contributed by atoms with van der Waals surface area (Å²) in [6.07, 6.45) is 1.97. The van der Waals surface area contributed by atoms with Crippen LogP contribution in [-0.4, -0.2) is 84.2 Å². The average Bonchev–Trinajstić information content (AvgIpc) is 2.82. The Bertz CT molecular complexity index is 1050. The van der Waals surface area contributed by atoms with Crippen LogP contribution in [0.2, 0.25) is 0 Å². The highest BCUT2D eigenvalue weighted by Gasteiger charge is 2.35. The molecule has 0 bridgehead atoms. The third-order valence-corrected chi connectivity index (χ3v) is 7.75. The molecule has 216 valence electrons. The maximum Gasteiger partial charge on any atom is 0.410 e. The second-order valence-electron chi connectivity index (χ2n) is 12.1. The first kappa shape index (κ1) is 29.0. The number of nitrogens with one attached hydrogen (secondary N) is 2. The number of piperidine rings is 2. The molecule has 1 aromatic rings. The number of piperazine rings is 1. The number of halogens is 2. The van der Waals surface area contributed by atoms with Crippen molar-refractivity contribution < 1.29 is 27.9 Å². The van der Waals surface area contributed by atoms with Gasteiger partial charge < -0.3 is 19.9 Å². The summed E-state index contributed by atoms with van der Waals surface area (Å²) < 4.78 is 35.9. The predicted octanol–water partition coefficient (Wildman–Crippen LogP) is 3.73. The summed E-state index contributed by atoms with van der Waals surface area (Å²) in [5, 5.41) is 5.09. The zero-order valence-electron chi connectivity index (χ0n) is 23.6. The molecule has 9 nitrogen and oxygen atoms in total. The minimum atomic E-state index is -0.716. The van der Waals surface area contributed by atoms with Crippen LogP contribution in [0, 0.1) is 17.6 Å². The van der Waals surface area contributed by atoms with Crippen LogP contribution in [0.4, 0.5) is 25.0 Å². The Morgan fingerprint density at radius 3 is 2.18 bits per heavy atom. The number of rotatable bonds is 5. The van der Waals surface area contributed by atoms with Crippen LogP contribution < -0.4 is 15.5 Å². The van der Waals surface area contributed by atoms with Crippen LogP contribution in [0.3, 0.4) is 0 Å². The zero-order chi connectivity index (χ0) is 28.5. The van der Waals surface area contributed by atoms with Gasteiger partial charge in [0.1, 0.15) is 17.3 Å². The van der Waals surface area contributed by atoms with Crippen LogP contribution in [0.1, 0.15) is 60.3 Å². The highest BCUT2D eigenvalue weighted by atomic mass is 19.1. The number of amides is 3. The van der Waals surface area contributed by atoms with Gasteiger partial charge in [0.05, 0.1) is 0 Å². The Labute approximate surface area is 229 Å². The van der Waals surface area contributed by atoms with E-state index in [1.165, 1.54) is 12.1 Å². The molecule has 3 saturated heterocycles. The summed E-state index contributed by atoms with van der Waals surface area (Å²) in [4.78, 5) is 41.7. The Balaban J connectivity index is 1.33. The van der Waals surface area contributed by atoms with Crippen molar-refractivity contribution in [1.29, 1.82) is 0 Å². The van der Waals surface area contributed by atoms with E-state index < -0.39 is 29.2 Å². The highest BCUT2D eigenvalue weighted by molar-refractivity contribution is 6.01. The lowest BCUT2D eigenvalue weighted by atomic mass is 9.94. The monoisotopic (exact) mass is 549 g/mol. The third kappa shape index (κ3) is 7.17. The number of imide groups is 1. The minimum Gasteiger partial charge on any atom is -0.444 e. The summed E-state index contributed by atoms with van der Waals surface area (Å²) >= 11 is 0. The molecule has 1 unspecified atom stereocenters. The Kier molecular flexibility index (Phi) is 8.68. The molecule has 3 amide bonds. The largest absolute Gasteiger partial charge is 0.444 e. The normalized spacial score (nSPS) is 25.5. The van der Waals surface area contributed by atoms with Gasteiger partial charge in [0.25, 0.3) is 0 Å². The fourth-order valence-electron chi connectivity index (χ4n) is 5.81. The molecule has 4 rings (SSSR count). The zero-order valence-corrected chi connectivity index (χ0v) is 23.6. The molecule has 2 N–H and O–H groups in total. The third-order valence-electron chi connectivity index (χ3n) is 7.75. The summed E-state index contributed by atoms with van der Waals surface area (Å²) in [7, 11) is 0. The van der Waals surface area contributed by atoms with Crippen molar-refractivity contribution in [3.8, 4) is 0 Å². The van der Waals surface area contributed by atoms with E-state index in [9.17, 15) is 14.4 Å². The lowest BCUT2D eigenvalue weighted by molar-refractivity contribution is -0.133. The Morgan fingerprint density at radius 1 is 1.05 bits per heavy atom. The summed E-state index contributed by atoms with van der Waals surface area (Å²) in [6, 6.07) is 1.87. The highest BCUT2D eigenvalue weighted by Crippen LogP contribution is 2.32. The number of anilines is 2. The van der Waals surface area contributed by atoms with Gasteiger partial charge in [-0.15, -0.1) is 0 Å². The second-order valence-corrected chi connectivity index (χ2v) is 12.1. The first-order valence-corrected chi connectivity index (χ1v) is 13.9. The molecule has 0 radical (unpaired) electrons. The van der Waals surface area contributed by atoms with Crippen LogP contribution in [-0.2, 0) is 14.3 Å². The van der Waals surface area contributed by atoms with E-state index in [0.29, 0.717) is 32.1 Å². The molecule has 3 fully saturated rings. The molecule has 0 aliphatic carbocycles. The molecule has 39 heavy (non-hydrogen) atoms. The van der Waals surface area contributed by atoms with Crippen molar-refractivity contribution in [2.24, 2.45) is 5.92 Å². The average molecular weight is 550 g/mol. The standard InChI is InChI=1S/C28H41F2N5O4/c1-17-14-34(25-21(29)12-20(13-22(25)30)31-23-6-7-24(36)32-26(23)37)15-18(2)35(17)16-19-8-10-33(11-9-19)27(38)39-28(3,4)5/h12-13,17-19,23,31H,6-11,14-16H2,1-5H3,(H,32,36,37)/t17-,18-,23?/m0/s1. The molecule has 0 aromatic heterocycles. The van der Waals surface area contributed by atoms with E-state index >= 15 is 8.78 Å². The van der Waals surface area contributed by atoms with E-state index in [-0.39, 0.29) is 48.3 Å². The van der Waals surface area contributed by atoms with Gasteiger partial charge in [0.15, 0.2) is 11.6 Å². The number of likely N-dealkylation sites (tertiary alicyclic amines) is 1. The molecule has 3 aliphatic heterocycles. The number of hydrogen-bond acceptors (Lipinski definition) is 7. The maximum absolute atomic E-state index is 15.2. The molecule has 0 spiro atoms. The molecular formula is C28H41F2N5O4. The topological polar surface area (TPSA) is 94.2 Å². The SMILES string of the molecule is C[C@H]1CN(c2c(F)cc(NC3CCC(=O)NC3=O)cc2F)C[C@H](C)N1CC1CCN(C(=O)OC(C)(C)C)CC1. The van der Waals surface area contributed by atoms with E-state index in [1.807, 2.05) is 20.8 Å². The van der Waals surface area contributed by atoms with Gasteiger partial charge in [0, 0.05) is 56.9 Å². The van der Waals surface area contributed by atoms with Gasteiger partial charge in [-0.05, 0) is 71.9 Å². The fraction of sp³-hybridized carbons (Fsp3) is 0.679. The summed E-state index contributed by atoms with van der Waals surface area (Å²) in [5.41, 5.74) is -0.407. The number of hydrogen-bond donors (Lipinski definition) is 2. The number of nitrogens with zero attached hydrogens (tertiary/aromatic N) is 3. The fourth-order valence-corrected chi connectivity index (χ4v) is 5.81. The van der Waals surface area contributed by atoms with Gasteiger partial charge >= 0.3 is 6.09 Å². The molecule has 11 heteroatoms. The lowest BCUT2D eigenvalue weighted by Gasteiger charge is -2.47. The number of ether oxygens (including phenoxy) is 1. The van der Waals surface area contributed by atoms with Crippen molar-refractivity contribution in [1.82, 2.24) is 15.1 Å². The summed E-state index contributed by atoms with van der Waals surface area (Å²) in [6.45, 7) is 12.9. The predicted molar refractivity (Wildman–Crippen MR) is 145 cm³/mol. The van der Waals surface area contributed by atoms with E-state index in [0.717, 1.165) is 19.4 Å². The maximum atomic E-state index is 15.2. The molecule has 3 aliphatic rings. The van der Waals surface area contributed by atoms with Gasteiger partial charge in [-0.1, -0.05) is 0 Å². The van der Waals surface area contributed by atoms with Crippen molar-refractivity contribution in [3.05, 3.63) is 23.8 Å². The first-order valence-electron chi connectivity index (χ1n) is 13.9. The Hall–Kier alpha value is -2.95. The first-order chi connectivity index (χ1) is 18.3. The van der Waals surface area contributed by atoms with Crippen LogP contribution in [0.5, 0.6) is 0 Å². The molecule has 1 aromatic carbocycles. The van der Waals surface area contributed by atoms with E-state index in [4.69, 9.17) is 4.74 Å². The lowest BCUT2D eigenvalue weighted by Crippen LogP contribution is -2.58. The van der Waals surface area contributed by atoms with Gasteiger partial charge in [-0.25, -0.2) is 13.6 Å². The van der Waals surface area contributed by atoms with Crippen molar-refractivity contribution in [3.63, 3.8) is 0 Å². The number of benzene rings is 1. The number of carbonyl (C=O) groups excluding carboxylic acids is 3. The van der Waals surface area contributed by atoms with Gasteiger partial charge in [-0.2, -0.15) is 0 Å². The van der Waals surface area contributed by atoms with Crippen molar-refractivity contribution in [2.45, 2.75) is 84.0 Å². The molecule has 3 heterocycles. The van der Waals surface area contributed by atoms with E-state index in [1.54, 1.807) is 9.80 Å². The molecule has 3 atom stereocenters. The van der Waals surface area contributed by atoms with Crippen molar-refractivity contribution in [2.75, 3.05) is 42.9 Å². The quantitative estimate of drug-likeness (QED) is 0.541. The van der Waals surface area contributed by atoms with Crippen molar-refractivity contribution >= 4 is 29.3 Å². The second kappa shape index (κ2) is 11.7. The van der Waals surface area contributed by atoms with E-state index in [2.05, 4.69) is 29.4 Å².